The molecule has 10 heteroatoms. The summed E-state index contributed by atoms with van der Waals surface area (Å²) in [5.74, 6) is -1.33. The lowest BCUT2D eigenvalue weighted by Gasteiger charge is -2.31. The lowest BCUT2D eigenvalue weighted by molar-refractivity contribution is -0.143. The molecular formula is C27H25FN4O4S. The minimum Gasteiger partial charge on any atom is -0.480 e. The number of halogens is 1. The van der Waals surface area contributed by atoms with E-state index in [0.717, 1.165) is 10.4 Å². The van der Waals surface area contributed by atoms with Crippen molar-refractivity contribution in [3.8, 4) is 5.00 Å². The summed E-state index contributed by atoms with van der Waals surface area (Å²) in [6.45, 7) is 5.62. The van der Waals surface area contributed by atoms with Gasteiger partial charge in [-0.2, -0.15) is 0 Å². The van der Waals surface area contributed by atoms with E-state index in [0.29, 0.717) is 33.3 Å². The van der Waals surface area contributed by atoms with Crippen LogP contribution in [0.5, 0.6) is 0 Å². The van der Waals surface area contributed by atoms with Gasteiger partial charge in [-0.15, -0.1) is 21.5 Å². The van der Waals surface area contributed by atoms with Crippen molar-refractivity contribution >= 4 is 34.6 Å². The fourth-order valence-corrected chi connectivity index (χ4v) is 6.10. The fourth-order valence-electron chi connectivity index (χ4n) is 4.88. The van der Waals surface area contributed by atoms with Crippen molar-refractivity contribution in [1.29, 1.82) is 0 Å². The van der Waals surface area contributed by atoms with E-state index < -0.39 is 35.6 Å². The molecule has 2 aliphatic rings. The van der Waals surface area contributed by atoms with Gasteiger partial charge in [0, 0.05) is 22.4 Å². The Labute approximate surface area is 216 Å². The summed E-state index contributed by atoms with van der Waals surface area (Å²) in [5.41, 5.74) is 0.825. The van der Waals surface area contributed by atoms with E-state index in [-0.39, 0.29) is 12.1 Å². The second-order valence-corrected chi connectivity index (χ2v) is 10.4. The Kier molecular flexibility index (Phi) is 6.15. The van der Waals surface area contributed by atoms with Gasteiger partial charge in [0.05, 0.1) is 19.2 Å². The Morgan fingerprint density at radius 1 is 1.22 bits per heavy atom. The van der Waals surface area contributed by atoms with Crippen LogP contribution in [0.3, 0.4) is 0 Å². The molecule has 0 spiro atoms. The maximum absolute atomic E-state index is 15.8. The Morgan fingerprint density at radius 3 is 2.59 bits per heavy atom. The zero-order chi connectivity index (χ0) is 26.5. The van der Waals surface area contributed by atoms with E-state index in [1.54, 1.807) is 31.2 Å². The third-order valence-electron chi connectivity index (χ3n) is 6.98. The van der Waals surface area contributed by atoms with Crippen LogP contribution in [0.25, 0.3) is 10.6 Å². The molecule has 8 nitrogen and oxygen atoms in total. The minimum atomic E-state index is -1.80. The van der Waals surface area contributed by atoms with Crippen LogP contribution in [0.15, 0.2) is 53.3 Å². The number of carbonyl (C=O) groups excluding carboxylic acids is 1. The van der Waals surface area contributed by atoms with Crippen molar-refractivity contribution in [1.82, 2.24) is 14.8 Å². The summed E-state index contributed by atoms with van der Waals surface area (Å²) in [5, 5.41) is 19.8. The first-order valence-corrected chi connectivity index (χ1v) is 12.5. The van der Waals surface area contributed by atoms with Crippen LogP contribution in [0, 0.1) is 26.2 Å². The van der Waals surface area contributed by atoms with Gasteiger partial charge in [0.25, 0.3) is 0 Å². The van der Waals surface area contributed by atoms with Gasteiger partial charge in [-0.25, -0.2) is 4.39 Å². The number of esters is 1. The number of aliphatic carboxylic acids is 1. The smallest absolute Gasteiger partial charge is 0.320 e. The molecule has 0 radical (unpaired) electrons. The van der Waals surface area contributed by atoms with Crippen molar-refractivity contribution in [2.24, 2.45) is 10.4 Å². The van der Waals surface area contributed by atoms with Crippen LogP contribution < -0.4 is 0 Å². The number of allylic oxidation sites excluding steroid dienone is 3. The van der Waals surface area contributed by atoms with Crippen molar-refractivity contribution in [3.05, 3.63) is 81.5 Å². The van der Waals surface area contributed by atoms with Crippen LogP contribution in [0.1, 0.15) is 52.1 Å². The zero-order valence-corrected chi connectivity index (χ0v) is 21.6. The maximum atomic E-state index is 15.8. The second kappa shape index (κ2) is 9.19. The number of hydrogen-bond donors (Lipinski definition) is 1. The monoisotopic (exact) mass is 520 g/mol. The number of fused-ring (bicyclic) bond motifs is 3. The molecule has 3 heterocycles. The van der Waals surface area contributed by atoms with Gasteiger partial charge in [0.15, 0.2) is 5.82 Å². The predicted molar refractivity (Wildman–Crippen MR) is 138 cm³/mol. The number of carboxylic acids is 1. The molecule has 37 heavy (non-hydrogen) atoms. The number of rotatable bonds is 5. The molecule has 1 aliphatic heterocycles. The highest BCUT2D eigenvalue weighted by Crippen LogP contribution is 2.47. The highest BCUT2D eigenvalue weighted by atomic mass is 32.1. The second-order valence-electron chi connectivity index (χ2n) is 9.15. The highest BCUT2D eigenvalue weighted by molar-refractivity contribution is 7.15. The lowest BCUT2D eigenvalue weighted by Crippen LogP contribution is -2.40. The number of carbonyl (C=O) groups is 2. The highest BCUT2D eigenvalue weighted by Gasteiger charge is 2.49. The molecule has 3 aromatic rings. The Bertz CT molecular complexity index is 1520. The zero-order valence-electron chi connectivity index (χ0n) is 20.8. The van der Waals surface area contributed by atoms with Crippen molar-refractivity contribution in [3.63, 3.8) is 0 Å². The summed E-state index contributed by atoms with van der Waals surface area (Å²) < 4.78 is 22.5. The number of methoxy groups -OCH3 is 1. The summed E-state index contributed by atoms with van der Waals surface area (Å²) in [4.78, 5) is 31.2. The summed E-state index contributed by atoms with van der Waals surface area (Å²) >= 11 is 1.46. The summed E-state index contributed by atoms with van der Waals surface area (Å²) in [6, 6.07) is 8.13. The molecular weight excluding hydrogens is 495 g/mol. The molecule has 1 aliphatic carbocycles. The Hall–Kier alpha value is -3.92. The molecule has 5 rings (SSSR count). The van der Waals surface area contributed by atoms with Crippen LogP contribution in [-0.2, 0) is 14.3 Å². The lowest BCUT2D eigenvalue weighted by atomic mass is 9.72. The standard InChI is InChI=1S/C27H25FN4O4S/c1-14-15(2)37-25-22(14)23(29-20(12-21(33)36-4)24-31-30-16(3)32(24)25)27(26(34)35)11-10-18(19(28)13-27)17-8-6-5-7-9-17/h5-11,20H,12-13H2,1-4H3,(H,34,35)/t20-,27?/m0/s1. The average Bonchev–Trinajstić information content (AvgIpc) is 3.36. The van der Waals surface area contributed by atoms with Gasteiger partial charge in [-0.3, -0.25) is 19.1 Å². The molecule has 0 saturated heterocycles. The maximum Gasteiger partial charge on any atom is 0.320 e. The molecule has 190 valence electrons. The first-order valence-electron chi connectivity index (χ1n) is 11.7. The normalized spacial score (nSPS) is 20.7. The quantitative estimate of drug-likeness (QED) is 0.471. The average molecular weight is 521 g/mol. The van der Waals surface area contributed by atoms with E-state index in [2.05, 4.69) is 10.2 Å². The Balaban J connectivity index is 1.75. The molecule has 0 fully saturated rings. The summed E-state index contributed by atoms with van der Waals surface area (Å²) in [7, 11) is 1.28. The molecule has 0 saturated carbocycles. The van der Waals surface area contributed by atoms with Gasteiger partial charge >= 0.3 is 11.9 Å². The minimum absolute atomic E-state index is 0.169. The third kappa shape index (κ3) is 3.92. The van der Waals surface area contributed by atoms with E-state index in [9.17, 15) is 14.7 Å². The van der Waals surface area contributed by atoms with E-state index in [1.807, 2.05) is 24.5 Å². The molecule has 0 amide bonds. The topological polar surface area (TPSA) is 107 Å². The number of nitrogens with zero attached hydrogens (tertiary/aromatic N) is 4. The number of ether oxygens (including phenoxy) is 1. The van der Waals surface area contributed by atoms with Crippen molar-refractivity contribution in [2.75, 3.05) is 7.11 Å². The molecule has 0 bridgehead atoms. The van der Waals surface area contributed by atoms with Crippen molar-refractivity contribution < 1.29 is 23.8 Å². The number of aryl methyl sites for hydroxylation is 2. The molecule has 1 N–H and O–H groups in total. The van der Waals surface area contributed by atoms with Gasteiger partial charge in [0.1, 0.15) is 28.1 Å². The number of benzene rings is 1. The fraction of sp³-hybridized carbons (Fsp3) is 0.296. The number of hydrogen-bond acceptors (Lipinski definition) is 7. The first-order chi connectivity index (χ1) is 17.7. The SMILES string of the molecule is COC(=O)C[C@@H]1N=C(C2(C(=O)O)C=CC(c3ccccc3)=C(F)C2)c2c(sc(C)c2C)-n2c(C)nnc21. The summed E-state index contributed by atoms with van der Waals surface area (Å²) in [6.07, 6.45) is 2.45. The number of aliphatic imine (C=N–C) groups is 1. The Morgan fingerprint density at radius 2 is 1.95 bits per heavy atom. The van der Waals surface area contributed by atoms with Gasteiger partial charge in [-0.1, -0.05) is 42.5 Å². The van der Waals surface area contributed by atoms with Gasteiger partial charge < -0.3 is 9.84 Å². The van der Waals surface area contributed by atoms with Crippen LogP contribution in [0.2, 0.25) is 0 Å². The molecule has 2 aromatic heterocycles. The van der Waals surface area contributed by atoms with Crippen LogP contribution in [-0.4, -0.2) is 44.6 Å². The predicted octanol–water partition coefficient (Wildman–Crippen LogP) is 5.07. The number of thiophene rings is 1. The molecule has 1 unspecified atom stereocenters. The van der Waals surface area contributed by atoms with Crippen molar-refractivity contribution in [2.45, 2.75) is 39.7 Å². The third-order valence-corrected chi connectivity index (χ3v) is 8.17. The van der Waals surface area contributed by atoms with E-state index in [1.165, 1.54) is 30.6 Å². The molecule has 2 atom stereocenters. The van der Waals surface area contributed by atoms with Crippen LogP contribution in [0.4, 0.5) is 4.39 Å². The number of aromatic nitrogens is 3. The first kappa shape index (κ1) is 24.8. The van der Waals surface area contributed by atoms with Gasteiger partial charge in [0.2, 0.25) is 0 Å². The van der Waals surface area contributed by atoms with E-state index in [4.69, 9.17) is 9.73 Å². The van der Waals surface area contributed by atoms with E-state index >= 15 is 4.39 Å². The largest absolute Gasteiger partial charge is 0.480 e. The van der Waals surface area contributed by atoms with Gasteiger partial charge in [-0.05, 0) is 31.9 Å². The van der Waals surface area contributed by atoms with Crippen LogP contribution >= 0.6 is 11.3 Å². The number of carboxylic acid groups (broad SMARTS) is 1. The molecule has 1 aromatic carbocycles.